The van der Waals surface area contributed by atoms with Crippen LogP contribution in [0.25, 0.3) is 0 Å². The monoisotopic (exact) mass is 270 g/mol. The summed E-state index contributed by atoms with van der Waals surface area (Å²) in [5.41, 5.74) is 0.624. The zero-order chi connectivity index (χ0) is 13.5. The Morgan fingerprint density at radius 3 is 2.78 bits per heavy atom. The van der Waals surface area contributed by atoms with Crippen molar-refractivity contribution in [1.29, 1.82) is 0 Å². The van der Waals surface area contributed by atoms with E-state index in [-0.39, 0.29) is 12.3 Å². The Morgan fingerprint density at radius 1 is 1.44 bits per heavy atom. The van der Waals surface area contributed by atoms with Gasteiger partial charge in [0.25, 0.3) is 0 Å². The number of carbonyl (C=O) groups is 2. The molecule has 98 valence electrons. The molecular formula is C12H15ClN2O3. The van der Waals surface area contributed by atoms with E-state index in [1.165, 1.54) is 6.92 Å². The van der Waals surface area contributed by atoms with Crippen LogP contribution in [0.2, 0.25) is 5.02 Å². The Kier molecular flexibility index (Phi) is 5.61. The van der Waals surface area contributed by atoms with Gasteiger partial charge in [-0.1, -0.05) is 17.7 Å². The number of rotatable bonds is 6. The van der Waals surface area contributed by atoms with Gasteiger partial charge in [0, 0.05) is 23.7 Å². The van der Waals surface area contributed by atoms with Gasteiger partial charge in [-0.05, 0) is 25.1 Å². The van der Waals surface area contributed by atoms with Crippen LogP contribution in [-0.2, 0) is 9.59 Å². The minimum Gasteiger partial charge on any atom is -0.480 e. The first-order valence-electron chi connectivity index (χ1n) is 5.50. The van der Waals surface area contributed by atoms with Crippen LogP contribution >= 0.6 is 11.6 Å². The van der Waals surface area contributed by atoms with Gasteiger partial charge in [-0.3, -0.25) is 9.59 Å². The van der Waals surface area contributed by atoms with Crippen molar-refractivity contribution >= 4 is 29.2 Å². The molecule has 1 aromatic carbocycles. The van der Waals surface area contributed by atoms with Crippen molar-refractivity contribution in [2.24, 2.45) is 0 Å². The molecule has 0 aliphatic carbocycles. The maximum absolute atomic E-state index is 11.5. The van der Waals surface area contributed by atoms with E-state index in [1.54, 1.807) is 24.3 Å². The number of carboxylic acid groups (broad SMARTS) is 1. The molecule has 0 bridgehead atoms. The minimum atomic E-state index is -0.940. The van der Waals surface area contributed by atoms with Crippen molar-refractivity contribution in [3.63, 3.8) is 0 Å². The fourth-order valence-corrected chi connectivity index (χ4v) is 1.47. The molecule has 1 amide bonds. The molecule has 0 fully saturated rings. The van der Waals surface area contributed by atoms with Gasteiger partial charge in [-0.2, -0.15) is 0 Å². The van der Waals surface area contributed by atoms with Crippen LogP contribution in [-0.4, -0.2) is 29.6 Å². The Bertz CT molecular complexity index is 437. The maximum atomic E-state index is 11.5. The normalized spacial score (nSPS) is 11.9. The molecule has 1 atom stereocenters. The van der Waals surface area contributed by atoms with Gasteiger partial charge >= 0.3 is 5.97 Å². The van der Waals surface area contributed by atoms with Gasteiger partial charge in [0.15, 0.2) is 0 Å². The van der Waals surface area contributed by atoms with Gasteiger partial charge < -0.3 is 15.7 Å². The van der Waals surface area contributed by atoms with E-state index in [0.29, 0.717) is 17.3 Å². The lowest BCUT2D eigenvalue weighted by atomic mass is 10.3. The molecule has 0 radical (unpaired) electrons. The summed E-state index contributed by atoms with van der Waals surface area (Å²) in [6.45, 7) is 1.83. The van der Waals surface area contributed by atoms with E-state index in [0.717, 1.165) is 0 Å². The lowest BCUT2D eigenvalue weighted by Crippen LogP contribution is -2.35. The molecule has 3 N–H and O–H groups in total. The summed E-state index contributed by atoms with van der Waals surface area (Å²) in [4.78, 5) is 22.1. The summed E-state index contributed by atoms with van der Waals surface area (Å²) < 4.78 is 0. The molecule has 0 heterocycles. The van der Waals surface area contributed by atoms with Crippen LogP contribution in [0.3, 0.4) is 0 Å². The standard InChI is InChI=1S/C12H15ClN2O3/c1-8(12(17)18)14-6-5-11(16)15-10-4-2-3-9(13)7-10/h2-4,7-8,14H,5-6H2,1H3,(H,15,16)(H,17,18)/t8-/m1/s1. The Morgan fingerprint density at radius 2 is 2.17 bits per heavy atom. The van der Waals surface area contributed by atoms with Crippen molar-refractivity contribution < 1.29 is 14.7 Å². The molecule has 0 saturated carbocycles. The molecule has 5 nitrogen and oxygen atoms in total. The molecule has 0 saturated heterocycles. The molecule has 0 aliphatic rings. The van der Waals surface area contributed by atoms with Crippen molar-refractivity contribution in [3.8, 4) is 0 Å². The second-order valence-electron chi connectivity index (χ2n) is 3.82. The topological polar surface area (TPSA) is 78.4 Å². The van der Waals surface area contributed by atoms with E-state index >= 15 is 0 Å². The average Bonchev–Trinajstić information content (AvgIpc) is 2.28. The highest BCUT2D eigenvalue weighted by Gasteiger charge is 2.10. The number of aliphatic carboxylic acids is 1. The number of carbonyl (C=O) groups excluding carboxylic acids is 1. The quantitative estimate of drug-likeness (QED) is 0.736. The summed E-state index contributed by atoms with van der Waals surface area (Å²) in [5.74, 6) is -1.13. The maximum Gasteiger partial charge on any atom is 0.320 e. The molecule has 0 aliphatic heterocycles. The van der Waals surface area contributed by atoms with Gasteiger partial charge in [0.1, 0.15) is 6.04 Å². The molecule has 0 aromatic heterocycles. The lowest BCUT2D eigenvalue weighted by molar-refractivity contribution is -0.139. The average molecular weight is 271 g/mol. The highest BCUT2D eigenvalue weighted by molar-refractivity contribution is 6.30. The van der Waals surface area contributed by atoms with Crippen LogP contribution in [0, 0.1) is 0 Å². The molecular weight excluding hydrogens is 256 g/mol. The first-order valence-corrected chi connectivity index (χ1v) is 5.88. The Hall–Kier alpha value is -1.59. The predicted octanol–water partition coefficient (Wildman–Crippen LogP) is 1.73. The van der Waals surface area contributed by atoms with Crippen molar-refractivity contribution in [2.75, 3.05) is 11.9 Å². The highest BCUT2D eigenvalue weighted by Crippen LogP contribution is 2.14. The van der Waals surface area contributed by atoms with Crippen LogP contribution in [0.4, 0.5) is 5.69 Å². The number of benzene rings is 1. The Balaban J connectivity index is 2.32. The number of nitrogens with one attached hydrogen (secondary N) is 2. The highest BCUT2D eigenvalue weighted by atomic mass is 35.5. The van der Waals surface area contributed by atoms with Crippen molar-refractivity contribution in [2.45, 2.75) is 19.4 Å². The van der Waals surface area contributed by atoms with Crippen molar-refractivity contribution in [1.82, 2.24) is 5.32 Å². The van der Waals surface area contributed by atoms with E-state index in [9.17, 15) is 9.59 Å². The number of anilines is 1. The second kappa shape index (κ2) is 6.98. The first-order chi connectivity index (χ1) is 8.49. The molecule has 1 aromatic rings. The molecule has 18 heavy (non-hydrogen) atoms. The summed E-state index contributed by atoms with van der Waals surface area (Å²) in [6, 6.07) is 6.17. The summed E-state index contributed by atoms with van der Waals surface area (Å²) in [6.07, 6.45) is 0.199. The summed E-state index contributed by atoms with van der Waals surface area (Å²) >= 11 is 5.78. The van der Waals surface area contributed by atoms with E-state index in [1.807, 2.05) is 0 Å². The third kappa shape index (κ3) is 5.16. The van der Waals surface area contributed by atoms with E-state index in [4.69, 9.17) is 16.7 Å². The zero-order valence-corrected chi connectivity index (χ0v) is 10.7. The molecule has 1 rings (SSSR count). The minimum absolute atomic E-state index is 0.192. The summed E-state index contributed by atoms with van der Waals surface area (Å²) in [7, 11) is 0. The third-order valence-electron chi connectivity index (χ3n) is 2.28. The number of hydrogen-bond donors (Lipinski definition) is 3. The predicted molar refractivity (Wildman–Crippen MR) is 69.8 cm³/mol. The smallest absolute Gasteiger partial charge is 0.320 e. The zero-order valence-electron chi connectivity index (χ0n) is 9.94. The first kappa shape index (κ1) is 14.5. The van der Waals surface area contributed by atoms with Crippen LogP contribution in [0.1, 0.15) is 13.3 Å². The number of hydrogen-bond acceptors (Lipinski definition) is 3. The molecule has 0 unspecified atom stereocenters. The van der Waals surface area contributed by atoms with E-state index in [2.05, 4.69) is 10.6 Å². The lowest BCUT2D eigenvalue weighted by Gasteiger charge is -2.09. The number of carboxylic acids is 1. The fourth-order valence-electron chi connectivity index (χ4n) is 1.28. The van der Waals surface area contributed by atoms with Crippen LogP contribution in [0.15, 0.2) is 24.3 Å². The molecule has 6 heteroatoms. The van der Waals surface area contributed by atoms with Crippen LogP contribution in [0.5, 0.6) is 0 Å². The van der Waals surface area contributed by atoms with Crippen molar-refractivity contribution in [3.05, 3.63) is 29.3 Å². The third-order valence-corrected chi connectivity index (χ3v) is 2.52. The van der Waals surface area contributed by atoms with Crippen LogP contribution < -0.4 is 10.6 Å². The van der Waals surface area contributed by atoms with Gasteiger partial charge in [0.2, 0.25) is 5.91 Å². The largest absolute Gasteiger partial charge is 0.480 e. The van der Waals surface area contributed by atoms with Gasteiger partial charge in [-0.25, -0.2) is 0 Å². The Labute approximate surface area is 110 Å². The SMILES string of the molecule is C[C@@H](NCCC(=O)Nc1cccc(Cl)c1)C(=O)O. The number of amides is 1. The molecule has 0 spiro atoms. The second-order valence-corrected chi connectivity index (χ2v) is 4.26. The summed E-state index contributed by atoms with van der Waals surface area (Å²) in [5, 5.41) is 14.6. The van der Waals surface area contributed by atoms with E-state index < -0.39 is 12.0 Å². The fraction of sp³-hybridized carbons (Fsp3) is 0.333. The van der Waals surface area contributed by atoms with Gasteiger partial charge in [0.05, 0.1) is 0 Å². The number of halogens is 1. The van der Waals surface area contributed by atoms with Gasteiger partial charge in [-0.15, -0.1) is 0 Å².